The molecule has 0 saturated carbocycles. The third kappa shape index (κ3) is 4.28. The number of aromatic amines is 1. The first-order chi connectivity index (χ1) is 19.6. The van der Waals surface area contributed by atoms with E-state index in [1.807, 2.05) is 24.3 Å². The van der Waals surface area contributed by atoms with E-state index in [2.05, 4.69) is 14.5 Å². The van der Waals surface area contributed by atoms with Crippen molar-refractivity contribution in [2.24, 2.45) is 0 Å². The third-order valence-corrected chi connectivity index (χ3v) is 7.33. The number of furan rings is 1. The van der Waals surface area contributed by atoms with Crippen LogP contribution < -0.4 is 9.47 Å². The van der Waals surface area contributed by atoms with Gasteiger partial charge in [0.2, 0.25) is 0 Å². The largest absolute Gasteiger partial charge is 0.586 e. The predicted octanol–water partition coefficient (Wildman–Crippen LogP) is 7.56. The Kier molecular flexibility index (Phi) is 5.44. The fourth-order valence-electron chi connectivity index (χ4n) is 5.54. The number of alkyl halides is 5. The number of halogens is 5. The van der Waals surface area contributed by atoms with Crippen LogP contribution in [0.4, 0.5) is 22.0 Å². The summed E-state index contributed by atoms with van der Waals surface area (Å²) >= 11 is 0. The lowest BCUT2D eigenvalue weighted by Gasteiger charge is -2.35. The van der Waals surface area contributed by atoms with Crippen molar-refractivity contribution in [2.45, 2.75) is 24.9 Å². The van der Waals surface area contributed by atoms with Crippen LogP contribution in [0.1, 0.15) is 39.0 Å². The second-order valence-corrected chi connectivity index (χ2v) is 9.83. The van der Waals surface area contributed by atoms with Crippen LogP contribution in [0.15, 0.2) is 83.3 Å². The van der Waals surface area contributed by atoms with E-state index in [1.54, 1.807) is 11.0 Å². The van der Waals surface area contributed by atoms with Gasteiger partial charge in [0.25, 0.3) is 5.91 Å². The van der Waals surface area contributed by atoms with Crippen molar-refractivity contribution < 1.29 is 40.6 Å². The number of nitrogens with zero attached hydrogens (tertiary/aromatic N) is 1. The molecule has 208 valence electrons. The molecule has 6 nitrogen and oxygen atoms in total. The molecule has 1 atom stereocenters. The zero-order valence-electron chi connectivity index (χ0n) is 21.0. The molecule has 11 heteroatoms. The lowest BCUT2D eigenvalue weighted by molar-refractivity contribution is -0.286. The first-order valence-electron chi connectivity index (χ1n) is 12.7. The molecule has 0 saturated heterocycles. The highest BCUT2D eigenvalue weighted by atomic mass is 19.4. The Morgan fingerprint density at radius 2 is 1.73 bits per heavy atom. The zero-order chi connectivity index (χ0) is 28.5. The molecule has 1 amide bonds. The Bertz CT molecular complexity index is 1820. The van der Waals surface area contributed by atoms with E-state index in [-0.39, 0.29) is 35.1 Å². The van der Waals surface area contributed by atoms with E-state index >= 15 is 0 Å². The van der Waals surface area contributed by atoms with E-state index < -0.39 is 30.0 Å². The topological polar surface area (TPSA) is 67.7 Å². The van der Waals surface area contributed by atoms with Gasteiger partial charge in [-0.3, -0.25) is 4.79 Å². The van der Waals surface area contributed by atoms with Gasteiger partial charge in [0.15, 0.2) is 17.3 Å². The number of rotatable bonds is 3. The number of para-hydroxylation sites is 1. The van der Waals surface area contributed by atoms with Gasteiger partial charge in [-0.05, 0) is 60.0 Å². The van der Waals surface area contributed by atoms with E-state index in [0.717, 1.165) is 28.6 Å². The fourth-order valence-corrected chi connectivity index (χ4v) is 5.54. The van der Waals surface area contributed by atoms with Gasteiger partial charge in [-0.2, -0.15) is 13.2 Å². The average molecular weight is 566 g/mol. The highest BCUT2D eigenvalue weighted by molar-refractivity contribution is 5.94. The number of hydrogen-bond acceptors (Lipinski definition) is 4. The molecule has 1 unspecified atom stereocenters. The van der Waals surface area contributed by atoms with Crippen molar-refractivity contribution in [2.75, 3.05) is 6.54 Å². The van der Waals surface area contributed by atoms with E-state index in [9.17, 15) is 26.7 Å². The minimum Gasteiger partial charge on any atom is -0.451 e. The van der Waals surface area contributed by atoms with Gasteiger partial charge in [0.1, 0.15) is 5.76 Å². The molecule has 7 rings (SSSR count). The number of carbonyl (C=O) groups excluding carboxylic acids is 1. The molecule has 0 fully saturated rings. The van der Waals surface area contributed by atoms with Crippen LogP contribution in [0.3, 0.4) is 0 Å². The summed E-state index contributed by atoms with van der Waals surface area (Å²) in [6, 6.07) is 18.8. The van der Waals surface area contributed by atoms with Gasteiger partial charge in [0, 0.05) is 28.7 Å². The van der Waals surface area contributed by atoms with Crippen molar-refractivity contribution >= 4 is 16.8 Å². The SMILES string of the molecule is O=C(c1ccc(-c2cccc(C(F)(F)F)c2)o1)N1CCc2c([nH]c3ccccc23)C1c1ccc2c(c1)OC(F)(F)O2. The summed E-state index contributed by atoms with van der Waals surface area (Å²) in [5.41, 5.74) is 2.38. The predicted molar refractivity (Wildman–Crippen MR) is 137 cm³/mol. The van der Waals surface area contributed by atoms with Gasteiger partial charge in [-0.15, -0.1) is 8.78 Å². The molecule has 0 radical (unpaired) electrons. The summed E-state index contributed by atoms with van der Waals surface area (Å²) in [6.45, 7) is 0.266. The van der Waals surface area contributed by atoms with Crippen LogP contribution in [0.25, 0.3) is 22.2 Å². The summed E-state index contributed by atoms with van der Waals surface area (Å²) in [4.78, 5) is 18.8. The molecule has 5 aromatic rings. The van der Waals surface area contributed by atoms with Crippen molar-refractivity contribution in [3.63, 3.8) is 0 Å². The average Bonchev–Trinajstić information content (AvgIpc) is 3.65. The Labute approximate surface area is 228 Å². The number of ether oxygens (including phenoxy) is 2. The second-order valence-electron chi connectivity index (χ2n) is 9.83. The molecule has 0 spiro atoms. The standard InChI is InChI=1S/C30H19F5N2O4/c31-29(32,33)18-5-3-4-16(14-18)22-10-11-24(39-22)28(38)37-13-12-20-19-6-1-2-7-21(19)36-26(20)27(37)17-8-9-23-25(15-17)41-30(34,35)40-23/h1-11,14-15,27,36H,12-13H2. The molecular weight excluding hydrogens is 547 g/mol. The first kappa shape index (κ1) is 25.2. The van der Waals surface area contributed by atoms with Crippen LogP contribution in [0.2, 0.25) is 0 Å². The van der Waals surface area contributed by atoms with Gasteiger partial charge in [0.05, 0.1) is 11.6 Å². The van der Waals surface area contributed by atoms with Crippen LogP contribution in [0.5, 0.6) is 11.5 Å². The molecule has 3 aromatic carbocycles. The highest BCUT2D eigenvalue weighted by Crippen LogP contribution is 2.46. The Morgan fingerprint density at radius 1 is 0.927 bits per heavy atom. The lowest BCUT2D eigenvalue weighted by Crippen LogP contribution is -2.40. The number of aromatic nitrogens is 1. The van der Waals surface area contributed by atoms with Crippen LogP contribution in [0, 0.1) is 0 Å². The quantitative estimate of drug-likeness (QED) is 0.229. The highest BCUT2D eigenvalue weighted by Gasteiger charge is 2.44. The molecule has 2 aromatic heterocycles. The first-order valence-corrected chi connectivity index (χ1v) is 12.7. The van der Waals surface area contributed by atoms with Crippen LogP contribution >= 0.6 is 0 Å². The van der Waals surface area contributed by atoms with Gasteiger partial charge >= 0.3 is 12.5 Å². The van der Waals surface area contributed by atoms with Crippen LogP contribution in [-0.2, 0) is 12.6 Å². The van der Waals surface area contributed by atoms with Crippen molar-refractivity contribution in [3.8, 4) is 22.8 Å². The van der Waals surface area contributed by atoms with E-state index in [1.165, 1.54) is 36.4 Å². The smallest absolute Gasteiger partial charge is 0.451 e. The second kappa shape index (κ2) is 8.85. The summed E-state index contributed by atoms with van der Waals surface area (Å²) in [7, 11) is 0. The van der Waals surface area contributed by atoms with Crippen LogP contribution in [-0.4, -0.2) is 28.6 Å². The Morgan fingerprint density at radius 3 is 2.56 bits per heavy atom. The maximum Gasteiger partial charge on any atom is 0.586 e. The lowest BCUT2D eigenvalue weighted by atomic mass is 9.92. The summed E-state index contributed by atoms with van der Waals surface area (Å²) in [5, 5.41) is 0.983. The monoisotopic (exact) mass is 566 g/mol. The molecule has 1 N–H and O–H groups in total. The molecule has 2 aliphatic rings. The van der Waals surface area contributed by atoms with Gasteiger partial charge in [-0.25, -0.2) is 0 Å². The zero-order valence-corrected chi connectivity index (χ0v) is 21.0. The normalized spacial score (nSPS) is 17.6. The molecule has 0 bridgehead atoms. The number of H-pyrrole nitrogens is 1. The number of amides is 1. The summed E-state index contributed by atoms with van der Waals surface area (Å²) < 4.78 is 82.2. The minimum absolute atomic E-state index is 0.0748. The molecule has 4 heterocycles. The summed E-state index contributed by atoms with van der Waals surface area (Å²) in [6.07, 6.45) is -7.83. The number of nitrogens with one attached hydrogen (secondary N) is 1. The molecule has 2 aliphatic heterocycles. The van der Waals surface area contributed by atoms with Gasteiger partial charge in [-0.1, -0.05) is 36.4 Å². The van der Waals surface area contributed by atoms with Gasteiger partial charge < -0.3 is 23.8 Å². The maximum absolute atomic E-state index is 13.9. The number of fused-ring (bicyclic) bond motifs is 4. The number of carbonyl (C=O) groups is 1. The minimum atomic E-state index is -4.53. The molecule has 0 aliphatic carbocycles. The Balaban J connectivity index is 1.29. The number of hydrogen-bond donors (Lipinski definition) is 1. The Hall–Kier alpha value is -4.80. The maximum atomic E-state index is 13.9. The van der Waals surface area contributed by atoms with Crippen molar-refractivity contribution in [3.05, 3.63) is 107 Å². The summed E-state index contributed by atoms with van der Waals surface area (Å²) in [5.74, 6) is -0.770. The van der Waals surface area contributed by atoms with E-state index in [0.29, 0.717) is 17.7 Å². The number of benzene rings is 3. The van der Waals surface area contributed by atoms with Crippen molar-refractivity contribution in [1.29, 1.82) is 0 Å². The van der Waals surface area contributed by atoms with E-state index in [4.69, 9.17) is 4.42 Å². The third-order valence-electron chi connectivity index (χ3n) is 7.33. The van der Waals surface area contributed by atoms with Crippen molar-refractivity contribution in [1.82, 2.24) is 9.88 Å². The molecular formula is C30H19F5N2O4. The molecule has 41 heavy (non-hydrogen) atoms. The fraction of sp³-hybridized carbons (Fsp3) is 0.167.